The highest BCUT2D eigenvalue weighted by atomic mass is 19.1. The second-order valence-corrected chi connectivity index (χ2v) is 3.95. The quantitative estimate of drug-likeness (QED) is 0.875. The minimum atomic E-state index is -0.374. The van der Waals surface area contributed by atoms with E-state index in [1.54, 1.807) is 20.0 Å². The van der Waals surface area contributed by atoms with Gasteiger partial charge in [0, 0.05) is 17.7 Å². The molecule has 1 heterocycles. The number of tetrazole rings is 1. The van der Waals surface area contributed by atoms with Crippen molar-refractivity contribution in [3.8, 4) is 5.75 Å². The molecule has 6 nitrogen and oxygen atoms in total. The number of ether oxygens (including phenoxy) is 1. The number of aryl methyl sites for hydroxylation is 1. The Labute approximate surface area is 104 Å². The third-order valence-corrected chi connectivity index (χ3v) is 2.37. The molecule has 0 aliphatic heterocycles. The van der Waals surface area contributed by atoms with Crippen molar-refractivity contribution < 1.29 is 9.13 Å². The number of aromatic nitrogens is 4. The van der Waals surface area contributed by atoms with Gasteiger partial charge >= 0.3 is 0 Å². The molecule has 0 aliphatic carbocycles. The van der Waals surface area contributed by atoms with E-state index in [1.165, 1.54) is 16.9 Å². The number of benzene rings is 1. The van der Waals surface area contributed by atoms with E-state index in [2.05, 4.69) is 15.4 Å². The summed E-state index contributed by atoms with van der Waals surface area (Å²) in [4.78, 5) is 1.33. The van der Waals surface area contributed by atoms with Gasteiger partial charge in [-0.1, -0.05) is 6.07 Å². The van der Waals surface area contributed by atoms with Crippen LogP contribution in [0.25, 0.3) is 0 Å². The highest BCUT2D eigenvalue weighted by molar-refractivity contribution is 5.36. The van der Waals surface area contributed by atoms with Crippen molar-refractivity contribution in [2.24, 2.45) is 12.8 Å². The van der Waals surface area contributed by atoms with Gasteiger partial charge in [0.05, 0.1) is 7.05 Å². The lowest BCUT2D eigenvalue weighted by Gasteiger charge is -2.12. The molecule has 0 saturated carbocycles. The van der Waals surface area contributed by atoms with E-state index < -0.39 is 0 Å². The minimum Gasteiger partial charge on any atom is -0.485 e. The Kier molecular flexibility index (Phi) is 3.52. The number of rotatable bonds is 4. The fourth-order valence-corrected chi connectivity index (χ4v) is 1.53. The van der Waals surface area contributed by atoms with Crippen molar-refractivity contribution in [1.29, 1.82) is 0 Å². The Balaban J connectivity index is 2.15. The number of halogens is 1. The molecular weight excluding hydrogens is 237 g/mol. The smallest absolute Gasteiger partial charge is 0.212 e. The summed E-state index contributed by atoms with van der Waals surface area (Å²) in [6.07, 6.45) is 0. The van der Waals surface area contributed by atoms with E-state index in [9.17, 15) is 4.39 Å². The van der Waals surface area contributed by atoms with Gasteiger partial charge in [-0.05, 0) is 18.2 Å². The summed E-state index contributed by atoms with van der Waals surface area (Å²) in [6.45, 7) is 1.93. The number of hydrogen-bond acceptors (Lipinski definition) is 5. The van der Waals surface area contributed by atoms with Crippen LogP contribution in [0.4, 0.5) is 4.39 Å². The summed E-state index contributed by atoms with van der Waals surface area (Å²) >= 11 is 0. The van der Waals surface area contributed by atoms with Crippen LogP contribution < -0.4 is 10.5 Å². The first-order valence-electron chi connectivity index (χ1n) is 5.47. The summed E-state index contributed by atoms with van der Waals surface area (Å²) in [5, 5.41) is 11.4. The zero-order valence-electron chi connectivity index (χ0n) is 10.2. The van der Waals surface area contributed by atoms with Crippen molar-refractivity contribution in [1.82, 2.24) is 20.2 Å². The lowest BCUT2D eigenvalue weighted by molar-refractivity contribution is 0.289. The van der Waals surface area contributed by atoms with Gasteiger partial charge in [-0.3, -0.25) is 0 Å². The average Bonchev–Trinajstić information content (AvgIpc) is 2.72. The monoisotopic (exact) mass is 251 g/mol. The predicted molar refractivity (Wildman–Crippen MR) is 62.1 cm³/mol. The topological polar surface area (TPSA) is 78.9 Å². The highest BCUT2D eigenvalue weighted by Gasteiger charge is 2.10. The van der Waals surface area contributed by atoms with Crippen LogP contribution in [0.15, 0.2) is 18.2 Å². The maximum atomic E-state index is 13.2. The van der Waals surface area contributed by atoms with Crippen molar-refractivity contribution >= 4 is 0 Å². The van der Waals surface area contributed by atoms with Crippen LogP contribution in [0.5, 0.6) is 5.75 Å². The number of nitrogens with zero attached hydrogens (tertiary/aromatic N) is 4. The Hall–Kier alpha value is -2.02. The maximum Gasteiger partial charge on any atom is 0.212 e. The molecular formula is C11H14FN5O. The van der Waals surface area contributed by atoms with E-state index in [1.807, 2.05) is 0 Å². The van der Waals surface area contributed by atoms with Gasteiger partial charge in [-0.2, -0.15) is 4.80 Å². The molecule has 0 spiro atoms. The first kappa shape index (κ1) is 12.4. The lowest BCUT2D eigenvalue weighted by Crippen LogP contribution is -2.09. The van der Waals surface area contributed by atoms with Gasteiger partial charge in [-0.25, -0.2) is 4.39 Å². The molecule has 96 valence electrons. The Morgan fingerprint density at radius 3 is 2.89 bits per heavy atom. The fourth-order valence-electron chi connectivity index (χ4n) is 1.53. The molecule has 0 fully saturated rings. The van der Waals surface area contributed by atoms with Crippen LogP contribution >= 0.6 is 0 Å². The third kappa shape index (κ3) is 2.80. The third-order valence-electron chi connectivity index (χ3n) is 2.37. The van der Waals surface area contributed by atoms with Crippen molar-refractivity contribution in [2.75, 3.05) is 0 Å². The zero-order chi connectivity index (χ0) is 13.1. The number of hydrogen-bond donors (Lipinski definition) is 1. The molecule has 1 aromatic heterocycles. The second-order valence-electron chi connectivity index (χ2n) is 3.95. The molecule has 2 rings (SSSR count). The van der Waals surface area contributed by atoms with Gasteiger partial charge < -0.3 is 10.5 Å². The fraction of sp³-hybridized carbons (Fsp3) is 0.364. The van der Waals surface area contributed by atoms with Gasteiger partial charge in [0.1, 0.15) is 11.6 Å². The first-order chi connectivity index (χ1) is 8.56. The number of nitrogens with two attached hydrogens (primary N) is 1. The van der Waals surface area contributed by atoms with Crippen molar-refractivity contribution in [3.63, 3.8) is 0 Å². The van der Waals surface area contributed by atoms with E-state index in [-0.39, 0.29) is 18.5 Å². The zero-order valence-corrected chi connectivity index (χ0v) is 10.2. The molecule has 0 unspecified atom stereocenters. The largest absolute Gasteiger partial charge is 0.485 e. The average molecular weight is 251 g/mol. The SMILES string of the molecule is C[C@H](N)c1ccc(F)cc1OCc1nnn(C)n1. The summed E-state index contributed by atoms with van der Waals surface area (Å²) < 4.78 is 18.7. The molecule has 2 N–H and O–H groups in total. The summed E-state index contributed by atoms with van der Waals surface area (Å²) in [5.74, 6) is 0.455. The molecule has 7 heteroatoms. The second kappa shape index (κ2) is 5.09. The van der Waals surface area contributed by atoms with Crippen LogP contribution in [-0.4, -0.2) is 20.2 Å². The van der Waals surface area contributed by atoms with Gasteiger partial charge in [-0.15, -0.1) is 10.2 Å². The lowest BCUT2D eigenvalue weighted by atomic mass is 10.1. The molecule has 0 saturated heterocycles. The van der Waals surface area contributed by atoms with E-state index in [0.29, 0.717) is 11.6 Å². The first-order valence-corrected chi connectivity index (χ1v) is 5.47. The van der Waals surface area contributed by atoms with Crippen LogP contribution in [0.1, 0.15) is 24.4 Å². The standard InChI is InChI=1S/C11H14FN5O/c1-7(13)9-4-3-8(12)5-10(9)18-6-11-14-16-17(2)15-11/h3-5,7H,6,13H2,1-2H3/t7-/m0/s1. The summed E-state index contributed by atoms with van der Waals surface area (Å²) in [5.41, 5.74) is 6.52. The van der Waals surface area contributed by atoms with E-state index >= 15 is 0 Å². The van der Waals surface area contributed by atoms with Crippen LogP contribution in [0, 0.1) is 5.82 Å². The molecule has 1 aromatic carbocycles. The molecule has 0 radical (unpaired) electrons. The molecule has 1 atom stereocenters. The Bertz CT molecular complexity index is 540. The van der Waals surface area contributed by atoms with Crippen LogP contribution in [-0.2, 0) is 13.7 Å². The van der Waals surface area contributed by atoms with E-state index in [0.717, 1.165) is 5.56 Å². The predicted octanol–water partition coefficient (Wildman–Crippen LogP) is 0.948. The van der Waals surface area contributed by atoms with Crippen molar-refractivity contribution in [3.05, 3.63) is 35.4 Å². The minimum absolute atomic E-state index is 0.122. The molecule has 0 amide bonds. The van der Waals surface area contributed by atoms with Crippen LogP contribution in [0.2, 0.25) is 0 Å². The van der Waals surface area contributed by atoms with Gasteiger partial charge in [0.25, 0.3) is 0 Å². The Morgan fingerprint density at radius 1 is 1.50 bits per heavy atom. The van der Waals surface area contributed by atoms with Crippen molar-refractivity contribution in [2.45, 2.75) is 19.6 Å². The van der Waals surface area contributed by atoms with Gasteiger partial charge in [0.2, 0.25) is 5.82 Å². The molecule has 0 aliphatic rings. The van der Waals surface area contributed by atoms with E-state index in [4.69, 9.17) is 10.5 Å². The highest BCUT2D eigenvalue weighted by Crippen LogP contribution is 2.25. The maximum absolute atomic E-state index is 13.2. The summed E-state index contributed by atoms with van der Waals surface area (Å²) in [6, 6.07) is 4.02. The molecule has 2 aromatic rings. The Morgan fingerprint density at radius 2 is 2.28 bits per heavy atom. The normalized spacial score (nSPS) is 12.4. The molecule has 18 heavy (non-hydrogen) atoms. The summed E-state index contributed by atoms with van der Waals surface area (Å²) in [7, 11) is 1.66. The van der Waals surface area contributed by atoms with Crippen LogP contribution in [0.3, 0.4) is 0 Å². The molecule has 0 bridgehead atoms. The van der Waals surface area contributed by atoms with Gasteiger partial charge in [0.15, 0.2) is 6.61 Å².